The van der Waals surface area contributed by atoms with Crippen LogP contribution in [0.15, 0.2) is 12.4 Å². The second kappa shape index (κ2) is 7.91. The van der Waals surface area contributed by atoms with Gasteiger partial charge in [0.05, 0.1) is 17.4 Å². The van der Waals surface area contributed by atoms with E-state index in [9.17, 15) is 5.11 Å². The Labute approximate surface area is 188 Å². The standard InChI is InChI=1S/C27H41N3O/c1-4-27(31)12-10-21-20(13-27)5-6-23-22(21)9-11-26(3)24(7-8-25(23)26)18(2)16-30-17-19(14-28)15-29-30/h15,17-18,20-25,31H,4-13,16H2,1-3H3/t18-,20+,21-,22+,23+,24+,25-,26+,27+/m0/s1. The van der Waals surface area contributed by atoms with Gasteiger partial charge in [0, 0.05) is 12.7 Å². The molecule has 1 aromatic heterocycles. The van der Waals surface area contributed by atoms with Gasteiger partial charge in [0.25, 0.3) is 0 Å². The van der Waals surface area contributed by atoms with Crippen LogP contribution >= 0.6 is 0 Å². The number of hydrogen-bond acceptors (Lipinski definition) is 3. The van der Waals surface area contributed by atoms with Crippen LogP contribution in [-0.4, -0.2) is 20.5 Å². The Hall–Kier alpha value is -1.34. The average molecular weight is 424 g/mol. The minimum absolute atomic E-state index is 0.372. The van der Waals surface area contributed by atoms with E-state index in [1.807, 2.05) is 10.9 Å². The summed E-state index contributed by atoms with van der Waals surface area (Å²) in [4.78, 5) is 0. The molecule has 9 atom stereocenters. The maximum absolute atomic E-state index is 10.9. The molecule has 0 aliphatic heterocycles. The van der Waals surface area contributed by atoms with Crippen LogP contribution in [0, 0.1) is 58.2 Å². The highest BCUT2D eigenvalue weighted by atomic mass is 16.3. The van der Waals surface area contributed by atoms with Crippen molar-refractivity contribution in [2.24, 2.45) is 46.8 Å². The van der Waals surface area contributed by atoms with Crippen molar-refractivity contribution in [1.82, 2.24) is 9.78 Å². The van der Waals surface area contributed by atoms with Crippen LogP contribution in [0.3, 0.4) is 0 Å². The fourth-order valence-corrected chi connectivity index (χ4v) is 9.20. The summed E-state index contributed by atoms with van der Waals surface area (Å²) >= 11 is 0. The summed E-state index contributed by atoms with van der Waals surface area (Å²) in [5.74, 6) is 5.73. The average Bonchev–Trinajstić information content (AvgIpc) is 3.36. The molecular formula is C27H41N3O. The van der Waals surface area contributed by atoms with Crippen LogP contribution in [-0.2, 0) is 6.54 Å². The number of nitriles is 1. The Kier molecular flexibility index (Phi) is 5.48. The first kappa shape index (κ1) is 21.5. The molecule has 1 heterocycles. The molecule has 4 heteroatoms. The predicted molar refractivity (Wildman–Crippen MR) is 122 cm³/mol. The van der Waals surface area contributed by atoms with Gasteiger partial charge in [0.1, 0.15) is 6.07 Å². The Balaban J connectivity index is 1.29. The van der Waals surface area contributed by atoms with Crippen LogP contribution in [0.2, 0.25) is 0 Å². The first-order valence-corrected chi connectivity index (χ1v) is 13.0. The second-order valence-electron chi connectivity index (χ2n) is 12.0. The first-order valence-electron chi connectivity index (χ1n) is 13.0. The number of hydrogen-bond donors (Lipinski definition) is 1. The zero-order valence-electron chi connectivity index (χ0n) is 19.8. The molecule has 1 aromatic rings. The lowest BCUT2D eigenvalue weighted by atomic mass is 9.48. The largest absolute Gasteiger partial charge is 0.390 e. The van der Waals surface area contributed by atoms with Gasteiger partial charge in [-0.2, -0.15) is 10.4 Å². The smallest absolute Gasteiger partial charge is 0.102 e. The molecule has 0 spiro atoms. The minimum Gasteiger partial charge on any atom is -0.390 e. The molecule has 0 aromatic carbocycles. The van der Waals surface area contributed by atoms with Gasteiger partial charge in [-0.05, 0) is 111 Å². The van der Waals surface area contributed by atoms with E-state index in [1.54, 1.807) is 6.20 Å². The molecular weight excluding hydrogens is 382 g/mol. The van der Waals surface area contributed by atoms with Gasteiger partial charge in [-0.3, -0.25) is 4.68 Å². The third kappa shape index (κ3) is 3.56. The van der Waals surface area contributed by atoms with Gasteiger partial charge in [-0.1, -0.05) is 20.8 Å². The van der Waals surface area contributed by atoms with Crippen LogP contribution in [0.25, 0.3) is 0 Å². The molecule has 0 unspecified atom stereocenters. The topological polar surface area (TPSA) is 61.8 Å². The lowest BCUT2D eigenvalue weighted by Crippen LogP contribution is -2.51. The van der Waals surface area contributed by atoms with E-state index in [1.165, 1.54) is 44.9 Å². The van der Waals surface area contributed by atoms with E-state index in [-0.39, 0.29) is 5.60 Å². The fraction of sp³-hybridized carbons (Fsp3) is 0.852. The molecule has 31 heavy (non-hydrogen) atoms. The van der Waals surface area contributed by atoms with Crippen molar-refractivity contribution >= 4 is 0 Å². The number of aliphatic hydroxyl groups is 1. The predicted octanol–water partition coefficient (Wildman–Crippen LogP) is 5.80. The Bertz CT molecular complexity index is 842. The molecule has 4 saturated carbocycles. The SMILES string of the molecule is CC[C@@]1(O)CC[C@H]2[C@H](CC[C@@H]3[C@@H]2CC[C@]2(C)[C@@H]([C@@H](C)Cn4cc(C#N)cn4)CC[C@@H]32)C1. The highest BCUT2D eigenvalue weighted by Gasteiger charge is 2.58. The van der Waals surface area contributed by atoms with Crippen molar-refractivity contribution in [3.8, 4) is 6.07 Å². The highest BCUT2D eigenvalue weighted by molar-refractivity contribution is 5.21. The normalized spacial score (nSPS) is 45.3. The van der Waals surface area contributed by atoms with E-state index < -0.39 is 0 Å². The Morgan fingerprint density at radius 1 is 1.16 bits per heavy atom. The summed E-state index contributed by atoms with van der Waals surface area (Å²) in [5.41, 5.74) is 0.767. The number of rotatable bonds is 4. The zero-order valence-corrected chi connectivity index (χ0v) is 19.8. The summed E-state index contributed by atoms with van der Waals surface area (Å²) in [7, 11) is 0. The van der Waals surface area contributed by atoms with Crippen molar-refractivity contribution < 1.29 is 5.11 Å². The van der Waals surface area contributed by atoms with E-state index in [0.29, 0.717) is 16.9 Å². The molecule has 4 aliphatic carbocycles. The number of aromatic nitrogens is 2. The monoisotopic (exact) mass is 423 g/mol. The lowest BCUT2D eigenvalue weighted by Gasteiger charge is -2.57. The van der Waals surface area contributed by atoms with Crippen LogP contribution in [0.4, 0.5) is 0 Å². The summed E-state index contributed by atoms with van der Waals surface area (Å²) in [6, 6.07) is 2.21. The van der Waals surface area contributed by atoms with Gasteiger partial charge in [0.15, 0.2) is 0 Å². The fourth-order valence-electron chi connectivity index (χ4n) is 9.20. The van der Waals surface area contributed by atoms with E-state index in [4.69, 9.17) is 5.26 Å². The van der Waals surface area contributed by atoms with Gasteiger partial charge >= 0.3 is 0 Å². The van der Waals surface area contributed by atoms with Gasteiger partial charge in [0.2, 0.25) is 0 Å². The lowest BCUT2D eigenvalue weighted by molar-refractivity contribution is -0.109. The van der Waals surface area contributed by atoms with Gasteiger partial charge in [-0.15, -0.1) is 0 Å². The van der Waals surface area contributed by atoms with Crippen LogP contribution in [0.1, 0.15) is 90.5 Å². The minimum atomic E-state index is -0.372. The van der Waals surface area contributed by atoms with E-state index >= 15 is 0 Å². The van der Waals surface area contributed by atoms with Crippen LogP contribution in [0.5, 0.6) is 0 Å². The van der Waals surface area contributed by atoms with Crippen LogP contribution < -0.4 is 0 Å². The van der Waals surface area contributed by atoms with Crippen molar-refractivity contribution in [2.45, 2.75) is 97.1 Å². The van der Waals surface area contributed by atoms with Crippen molar-refractivity contribution in [2.75, 3.05) is 0 Å². The third-order valence-corrected chi connectivity index (χ3v) is 10.8. The zero-order chi connectivity index (χ0) is 21.8. The van der Waals surface area contributed by atoms with Gasteiger partial charge < -0.3 is 5.11 Å². The maximum atomic E-state index is 10.9. The third-order valence-electron chi connectivity index (χ3n) is 10.8. The summed E-state index contributed by atoms with van der Waals surface area (Å²) in [6.45, 7) is 8.14. The Morgan fingerprint density at radius 2 is 1.97 bits per heavy atom. The number of fused-ring (bicyclic) bond motifs is 5. The summed E-state index contributed by atoms with van der Waals surface area (Å²) in [5, 5.41) is 24.5. The molecule has 170 valence electrons. The van der Waals surface area contributed by atoms with Crippen molar-refractivity contribution in [1.29, 1.82) is 5.26 Å². The van der Waals surface area contributed by atoms with Gasteiger partial charge in [-0.25, -0.2) is 0 Å². The van der Waals surface area contributed by atoms with E-state index in [0.717, 1.165) is 61.3 Å². The second-order valence-corrected chi connectivity index (χ2v) is 12.0. The molecule has 5 rings (SSSR count). The molecule has 1 N–H and O–H groups in total. The molecule has 0 saturated heterocycles. The molecule has 4 nitrogen and oxygen atoms in total. The molecule has 4 fully saturated rings. The molecule has 0 amide bonds. The maximum Gasteiger partial charge on any atom is 0.102 e. The molecule has 0 bridgehead atoms. The highest BCUT2D eigenvalue weighted by Crippen LogP contribution is 2.65. The van der Waals surface area contributed by atoms with Crippen molar-refractivity contribution in [3.05, 3.63) is 18.0 Å². The van der Waals surface area contributed by atoms with Crippen molar-refractivity contribution in [3.63, 3.8) is 0 Å². The summed E-state index contributed by atoms with van der Waals surface area (Å²) in [6.07, 6.45) is 16.2. The molecule has 4 aliphatic rings. The first-order chi connectivity index (χ1) is 14.9. The number of nitrogens with zero attached hydrogens (tertiary/aromatic N) is 3. The Morgan fingerprint density at radius 3 is 2.71 bits per heavy atom. The summed E-state index contributed by atoms with van der Waals surface area (Å²) < 4.78 is 1.99. The quantitative estimate of drug-likeness (QED) is 0.665. The van der Waals surface area contributed by atoms with E-state index in [2.05, 4.69) is 31.9 Å². The molecule has 0 radical (unpaired) electrons.